The molecule has 0 aromatic heterocycles. The van der Waals surface area contributed by atoms with Crippen LogP contribution in [0.2, 0.25) is 10.0 Å². The van der Waals surface area contributed by atoms with E-state index in [1.807, 2.05) is 4.90 Å². The molecule has 2 unspecified atom stereocenters. The molecule has 0 aliphatic carbocycles. The largest absolute Gasteiger partial charge is 0.398 e. The highest BCUT2D eigenvalue weighted by molar-refractivity contribution is 6.38. The number of nitrogens with two attached hydrogens (primary N) is 1. The quantitative estimate of drug-likeness (QED) is 0.798. The van der Waals surface area contributed by atoms with Gasteiger partial charge < -0.3 is 10.6 Å². The molecular weight excluding hydrogens is 283 g/mol. The minimum absolute atomic E-state index is 0.0620. The standard InChI is InChI=1S/C14H18Cl2N2O/c1-8-4-3-5-9(2)18(8)14(19)10-6-13(17)12(16)7-11(10)15/h6-9H,3-5,17H2,1-2H3. The van der Waals surface area contributed by atoms with Gasteiger partial charge in [-0.1, -0.05) is 23.2 Å². The number of likely N-dealkylation sites (tertiary alicyclic amines) is 1. The molecule has 1 fully saturated rings. The molecule has 0 radical (unpaired) electrons. The Morgan fingerprint density at radius 3 is 2.37 bits per heavy atom. The Bertz CT molecular complexity index is 494. The summed E-state index contributed by atoms with van der Waals surface area (Å²) >= 11 is 12.0. The van der Waals surface area contributed by atoms with E-state index in [1.165, 1.54) is 6.07 Å². The maximum absolute atomic E-state index is 12.6. The molecule has 0 spiro atoms. The summed E-state index contributed by atoms with van der Waals surface area (Å²) in [6.07, 6.45) is 3.20. The lowest BCUT2D eigenvalue weighted by Crippen LogP contribution is -2.47. The van der Waals surface area contributed by atoms with Gasteiger partial charge >= 0.3 is 0 Å². The van der Waals surface area contributed by atoms with Gasteiger partial charge in [0.2, 0.25) is 0 Å². The highest BCUT2D eigenvalue weighted by Crippen LogP contribution is 2.31. The number of piperidine rings is 1. The molecule has 1 aromatic carbocycles. The number of carbonyl (C=O) groups excluding carboxylic acids is 1. The summed E-state index contributed by atoms with van der Waals surface area (Å²) in [6.45, 7) is 4.14. The lowest BCUT2D eigenvalue weighted by Gasteiger charge is -2.39. The molecule has 1 aromatic rings. The molecule has 104 valence electrons. The average Bonchev–Trinajstić information content (AvgIpc) is 2.33. The summed E-state index contributed by atoms with van der Waals surface area (Å²) in [5.74, 6) is -0.0620. The fourth-order valence-corrected chi connectivity index (χ4v) is 3.15. The summed E-state index contributed by atoms with van der Waals surface area (Å²) in [6, 6.07) is 3.56. The average molecular weight is 301 g/mol. The molecular formula is C14H18Cl2N2O. The molecule has 2 N–H and O–H groups in total. The summed E-state index contributed by atoms with van der Waals surface area (Å²) in [7, 11) is 0. The van der Waals surface area contributed by atoms with Crippen molar-refractivity contribution in [2.24, 2.45) is 0 Å². The number of nitrogens with zero attached hydrogens (tertiary/aromatic N) is 1. The first-order chi connectivity index (χ1) is 8.91. The van der Waals surface area contributed by atoms with Gasteiger partial charge in [0.05, 0.1) is 21.3 Å². The number of hydrogen-bond acceptors (Lipinski definition) is 2. The van der Waals surface area contributed by atoms with Gasteiger partial charge in [0.1, 0.15) is 0 Å². The Hall–Kier alpha value is -0.930. The van der Waals surface area contributed by atoms with Crippen LogP contribution in [0.15, 0.2) is 12.1 Å². The molecule has 2 rings (SSSR count). The van der Waals surface area contributed by atoms with Gasteiger partial charge in [-0.15, -0.1) is 0 Å². The van der Waals surface area contributed by atoms with Crippen LogP contribution in [-0.4, -0.2) is 22.9 Å². The van der Waals surface area contributed by atoms with Gasteiger partial charge in [-0.3, -0.25) is 4.79 Å². The van der Waals surface area contributed by atoms with Crippen molar-refractivity contribution in [1.82, 2.24) is 4.90 Å². The Morgan fingerprint density at radius 1 is 1.21 bits per heavy atom. The van der Waals surface area contributed by atoms with Crippen LogP contribution in [0.5, 0.6) is 0 Å². The molecule has 1 aliphatic rings. The van der Waals surface area contributed by atoms with Crippen LogP contribution in [0.4, 0.5) is 5.69 Å². The molecule has 1 aliphatic heterocycles. The second-order valence-corrected chi connectivity index (χ2v) is 6.01. The van der Waals surface area contributed by atoms with E-state index >= 15 is 0 Å². The van der Waals surface area contributed by atoms with Crippen LogP contribution in [-0.2, 0) is 0 Å². The van der Waals surface area contributed by atoms with E-state index in [0.29, 0.717) is 21.3 Å². The summed E-state index contributed by atoms with van der Waals surface area (Å²) in [4.78, 5) is 14.5. The van der Waals surface area contributed by atoms with E-state index < -0.39 is 0 Å². The molecule has 2 atom stereocenters. The highest BCUT2D eigenvalue weighted by Gasteiger charge is 2.30. The van der Waals surface area contributed by atoms with Gasteiger partial charge in [-0.05, 0) is 45.2 Å². The topological polar surface area (TPSA) is 46.3 Å². The second-order valence-electron chi connectivity index (χ2n) is 5.19. The van der Waals surface area contributed by atoms with Crippen molar-refractivity contribution in [1.29, 1.82) is 0 Å². The maximum Gasteiger partial charge on any atom is 0.255 e. The van der Waals surface area contributed by atoms with Gasteiger partial charge in [0.25, 0.3) is 5.91 Å². The number of anilines is 1. The van der Waals surface area contributed by atoms with E-state index in [1.54, 1.807) is 6.07 Å². The third-order valence-electron chi connectivity index (χ3n) is 3.74. The third kappa shape index (κ3) is 2.82. The molecule has 1 amide bonds. The van der Waals surface area contributed by atoms with Gasteiger partial charge in [-0.2, -0.15) is 0 Å². The zero-order valence-corrected chi connectivity index (χ0v) is 12.6. The van der Waals surface area contributed by atoms with Crippen LogP contribution in [0.3, 0.4) is 0 Å². The highest BCUT2D eigenvalue weighted by atomic mass is 35.5. The second kappa shape index (κ2) is 5.59. The monoisotopic (exact) mass is 300 g/mol. The van der Waals surface area contributed by atoms with Crippen LogP contribution >= 0.6 is 23.2 Å². The number of nitrogen functional groups attached to an aromatic ring is 1. The van der Waals surface area contributed by atoms with Crippen molar-refractivity contribution in [2.75, 3.05) is 5.73 Å². The molecule has 19 heavy (non-hydrogen) atoms. The number of carbonyl (C=O) groups is 1. The summed E-state index contributed by atoms with van der Waals surface area (Å²) < 4.78 is 0. The summed E-state index contributed by atoms with van der Waals surface area (Å²) in [5, 5.41) is 0.732. The van der Waals surface area contributed by atoms with Gasteiger partial charge in [-0.25, -0.2) is 0 Å². The number of halogens is 2. The van der Waals surface area contributed by atoms with Crippen molar-refractivity contribution >= 4 is 34.8 Å². The van der Waals surface area contributed by atoms with E-state index in [0.717, 1.165) is 19.3 Å². The zero-order chi connectivity index (χ0) is 14.2. The Labute approximate surface area is 123 Å². The Kier molecular flexibility index (Phi) is 4.26. The van der Waals surface area contributed by atoms with Crippen molar-refractivity contribution in [3.8, 4) is 0 Å². The van der Waals surface area contributed by atoms with Crippen LogP contribution in [0.1, 0.15) is 43.5 Å². The predicted octanol–water partition coefficient (Wildman–Crippen LogP) is 3.98. The molecule has 5 heteroatoms. The summed E-state index contributed by atoms with van der Waals surface area (Å²) in [5.41, 5.74) is 6.58. The number of hydrogen-bond donors (Lipinski definition) is 1. The molecule has 1 saturated heterocycles. The molecule has 1 heterocycles. The molecule has 0 bridgehead atoms. The van der Waals surface area contributed by atoms with E-state index in [-0.39, 0.29) is 18.0 Å². The minimum atomic E-state index is -0.0620. The predicted molar refractivity (Wildman–Crippen MR) is 79.8 cm³/mol. The normalized spacial score (nSPS) is 23.5. The van der Waals surface area contributed by atoms with Crippen LogP contribution in [0.25, 0.3) is 0 Å². The van der Waals surface area contributed by atoms with Crippen molar-refractivity contribution in [3.05, 3.63) is 27.7 Å². The Morgan fingerprint density at radius 2 is 1.79 bits per heavy atom. The molecule has 3 nitrogen and oxygen atoms in total. The lowest BCUT2D eigenvalue weighted by molar-refractivity contribution is 0.0511. The zero-order valence-electron chi connectivity index (χ0n) is 11.1. The van der Waals surface area contributed by atoms with Gasteiger partial charge in [0, 0.05) is 12.1 Å². The smallest absolute Gasteiger partial charge is 0.255 e. The first-order valence-electron chi connectivity index (χ1n) is 6.49. The fraction of sp³-hybridized carbons (Fsp3) is 0.500. The van der Waals surface area contributed by atoms with Crippen molar-refractivity contribution < 1.29 is 4.79 Å². The van der Waals surface area contributed by atoms with E-state index in [9.17, 15) is 4.79 Å². The first-order valence-corrected chi connectivity index (χ1v) is 7.24. The maximum atomic E-state index is 12.6. The fourth-order valence-electron chi connectivity index (χ4n) is 2.69. The Balaban J connectivity index is 2.35. The van der Waals surface area contributed by atoms with Crippen LogP contribution in [0, 0.1) is 0 Å². The SMILES string of the molecule is CC1CCCC(C)N1C(=O)c1cc(N)c(Cl)cc1Cl. The van der Waals surface area contributed by atoms with Crippen molar-refractivity contribution in [3.63, 3.8) is 0 Å². The van der Waals surface area contributed by atoms with E-state index in [2.05, 4.69) is 13.8 Å². The van der Waals surface area contributed by atoms with Crippen molar-refractivity contribution in [2.45, 2.75) is 45.2 Å². The minimum Gasteiger partial charge on any atom is -0.398 e. The van der Waals surface area contributed by atoms with Gasteiger partial charge in [0.15, 0.2) is 0 Å². The van der Waals surface area contributed by atoms with Crippen LogP contribution < -0.4 is 5.73 Å². The third-order valence-corrected chi connectivity index (χ3v) is 4.38. The molecule has 0 saturated carbocycles. The number of benzene rings is 1. The van der Waals surface area contributed by atoms with E-state index in [4.69, 9.17) is 28.9 Å². The first kappa shape index (κ1) is 14.5. The lowest BCUT2D eigenvalue weighted by atomic mass is 9.96. The number of amides is 1. The number of rotatable bonds is 1.